The van der Waals surface area contributed by atoms with Crippen molar-refractivity contribution in [2.24, 2.45) is 0 Å². The first-order valence-electron chi connectivity index (χ1n) is 4.62. The molecule has 0 bridgehead atoms. The molecule has 4 heteroatoms. The molecule has 0 N–H and O–H groups in total. The van der Waals surface area contributed by atoms with E-state index >= 15 is 0 Å². The highest BCUT2D eigenvalue weighted by atomic mass is 79.9. The van der Waals surface area contributed by atoms with E-state index in [-0.39, 0.29) is 0 Å². The average Bonchev–Trinajstić information content (AvgIpc) is 2.33. The number of benzene rings is 1. The maximum absolute atomic E-state index is 10.5. The molecule has 0 radical (unpaired) electrons. The second-order valence-electron chi connectivity index (χ2n) is 3.10. The minimum absolute atomic E-state index is 0.688. The van der Waals surface area contributed by atoms with E-state index in [2.05, 4.69) is 20.9 Å². The van der Waals surface area contributed by atoms with E-state index in [1.807, 2.05) is 24.3 Å². The first-order valence-corrected chi connectivity index (χ1v) is 6.23. The highest BCUT2D eigenvalue weighted by Gasteiger charge is 1.98. The minimum atomic E-state index is 0.688. The van der Waals surface area contributed by atoms with Gasteiger partial charge < -0.3 is 0 Å². The van der Waals surface area contributed by atoms with E-state index in [0.717, 1.165) is 20.7 Å². The van der Waals surface area contributed by atoms with Crippen LogP contribution in [0.3, 0.4) is 0 Å². The van der Waals surface area contributed by atoms with E-state index in [4.69, 9.17) is 0 Å². The number of nitrogens with zero attached hydrogens (tertiary/aromatic N) is 1. The molecule has 2 rings (SSSR count). The Kier molecular flexibility index (Phi) is 3.74. The Balaban J connectivity index is 2.14. The molecule has 0 unspecified atom stereocenters. The lowest BCUT2D eigenvalue weighted by Gasteiger charge is -2.00. The smallest absolute Gasteiger partial charge is 0.150 e. The van der Waals surface area contributed by atoms with Crippen LogP contribution in [0.4, 0.5) is 0 Å². The van der Waals surface area contributed by atoms with Crippen LogP contribution >= 0.6 is 27.7 Å². The van der Waals surface area contributed by atoms with Crippen molar-refractivity contribution in [1.82, 2.24) is 4.98 Å². The van der Waals surface area contributed by atoms with E-state index in [0.29, 0.717) is 5.56 Å². The fourth-order valence-corrected chi connectivity index (χ4v) is 2.15. The third-order valence-corrected chi connectivity index (χ3v) is 3.37. The van der Waals surface area contributed by atoms with Gasteiger partial charge in [-0.05, 0) is 40.2 Å². The standard InChI is InChI=1S/C12H8BrNOS/c13-10-3-6-12(14-7-10)16-11-4-1-9(8-15)2-5-11/h1-8H. The van der Waals surface area contributed by atoms with Gasteiger partial charge in [-0.2, -0.15) is 0 Å². The molecule has 1 aromatic heterocycles. The van der Waals surface area contributed by atoms with Crippen molar-refractivity contribution in [3.63, 3.8) is 0 Å². The molecule has 0 aliphatic rings. The van der Waals surface area contributed by atoms with Crippen LogP contribution in [0.5, 0.6) is 0 Å². The molecular weight excluding hydrogens is 286 g/mol. The monoisotopic (exact) mass is 293 g/mol. The Morgan fingerprint density at radius 2 is 1.88 bits per heavy atom. The van der Waals surface area contributed by atoms with Crippen LogP contribution < -0.4 is 0 Å². The van der Waals surface area contributed by atoms with Crippen molar-refractivity contribution in [2.45, 2.75) is 9.92 Å². The quantitative estimate of drug-likeness (QED) is 0.806. The number of rotatable bonds is 3. The van der Waals surface area contributed by atoms with E-state index < -0.39 is 0 Å². The number of halogens is 1. The predicted octanol–water partition coefficient (Wildman–Crippen LogP) is 3.81. The zero-order chi connectivity index (χ0) is 11.4. The molecule has 80 valence electrons. The van der Waals surface area contributed by atoms with Gasteiger partial charge in [0.2, 0.25) is 0 Å². The molecule has 0 aliphatic heterocycles. The van der Waals surface area contributed by atoms with E-state index in [1.165, 1.54) is 0 Å². The lowest BCUT2D eigenvalue weighted by molar-refractivity contribution is 0.112. The number of aldehydes is 1. The molecule has 0 atom stereocenters. The molecule has 1 aromatic carbocycles. The highest BCUT2D eigenvalue weighted by Crippen LogP contribution is 2.26. The van der Waals surface area contributed by atoms with Crippen LogP contribution in [-0.4, -0.2) is 11.3 Å². The molecule has 1 heterocycles. The van der Waals surface area contributed by atoms with Crippen LogP contribution in [0.15, 0.2) is 57.0 Å². The summed E-state index contributed by atoms with van der Waals surface area (Å²) in [5.41, 5.74) is 0.688. The highest BCUT2D eigenvalue weighted by molar-refractivity contribution is 9.10. The average molecular weight is 294 g/mol. The first-order chi connectivity index (χ1) is 7.78. The summed E-state index contributed by atoms with van der Waals surface area (Å²) in [6.07, 6.45) is 2.61. The summed E-state index contributed by atoms with van der Waals surface area (Å²) in [6, 6.07) is 11.3. The van der Waals surface area contributed by atoms with Gasteiger partial charge in [0.15, 0.2) is 0 Å². The molecule has 16 heavy (non-hydrogen) atoms. The van der Waals surface area contributed by atoms with Gasteiger partial charge >= 0.3 is 0 Å². The van der Waals surface area contributed by atoms with Crippen LogP contribution in [0.25, 0.3) is 0 Å². The van der Waals surface area contributed by atoms with Gasteiger partial charge in [-0.25, -0.2) is 4.98 Å². The van der Waals surface area contributed by atoms with Crippen molar-refractivity contribution < 1.29 is 4.79 Å². The van der Waals surface area contributed by atoms with Crippen LogP contribution in [0.2, 0.25) is 0 Å². The van der Waals surface area contributed by atoms with Crippen molar-refractivity contribution in [2.75, 3.05) is 0 Å². The fraction of sp³-hybridized carbons (Fsp3) is 0. The summed E-state index contributed by atoms with van der Waals surface area (Å²) in [7, 11) is 0. The molecule has 2 aromatic rings. The van der Waals surface area contributed by atoms with Crippen molar-refractivity contribution in [3.05, 3.63) is 52.6 Å². The van der Waals surface area contributed by atoms with Gasteiger partial charge in [-0.3, -0.25) is 4.79 Å². The van der Waals surface area contributed by atoms with Gasteiger partial charge in [-0.1, -0.05) is 23.9 Å². The summed E-state index contributed by atoms with van der Waals surface area (Å²) >= 11 is 4.91. The van der Waals surface area contributed by atoms with Crippen molar-refractivity contribution in [3.8, 4) is 0 Å². The van der Waals surface area contributed by atoms with Gasteiger partial charge in [-0.15, -0.1) is 0 Å². The summed E-state index contributed by atoms with van der Waals surface area (Å²) in [5, 5.41) is 0.932. The summed E-state index contributed by atoms with van der Waals surface area (Å²) in [6.45, 7) is 0. The predicted molar refractivity (Wildman–Crippen MR) is 67.9 cm³/mol. The Labute approximate surface area is 106 Å². The lowest BCUT2D eigenvalue weighted by Crippen LogP contribution is -1.81. The maximum Gasteiger partial charge on any atom is 0.150 e. The first kappa shape index (κ1) is 11.4. The maximum atomic E-state index is 10.5. The zero-order valence-corrected chi connectivity index (χ0v) is 10.7. The molecule has 0 fully saturated rings. The van der Waals surface area contributed by atoms with Crippen molar-refractivity contribution in [1.29, 1.82) is 0 Å². The number of aromatic nitrogens is 1. The van der Waals surface area contributed by atoms with E-state index in [9.17, 15) is 4.79 Å². The fourth-order valence-electron chi connectivity index (χ4n) is 1.16. The largest absolute Gasteiger partial charge is 0.298 e. The Hall–Kier alpha value is -1.13. The van der Waals surface area contributed by atoms with Crippen LogP contribution in [0, 0.1) is 0 Å². The molecule has 0 saturated heterocycles. The van der Waals surface area contributed by atoms with Gasteiger partial charge in [0.25, 0.3) is 0 Å². The third kappa shape index (κ3) is 2.93. The van der Waals surface area contributed by atoms with E-state index in [1.54, 1.807) is 30.1 Å². The Bertz CT molecular complexity index is 481. The summed E-state index contributed by atoms with van der Waals surface area (Å²) in [5.74, 6) is 0. The third-order valence-electron chi connectivity index (χ3n) is 1.94. The Morgan fingerprint density at radius 3 is 2.44 bits per heavy atom. The number of hydrogen-bond acceptors (Lipinski definition) is 3. The lowest BCUT2D eigenvalue weighted by atomic mass is 10.2. The molecule has 0 amide bonds. The second kappa shape index (κ2) is 5.27. The molecule has 0 spiro atoms. The van der Waals surface area contributed by atoms with Crippen molar-refractivity contribution >= 4 is 34.0 Å². The van der Waals surface area contributed by atoms with Crippen LogP contribution in [0.1, 0.15) is 10.4 Å². The zero-order valence-electron chi connectivity index (χ0n) is 8.26. The normalized spacial score (nSPS) is 10.1. The molecule has 0 saturated carbocycles. The number of hydrogen-bond donors (Lipinski definition) is 0. The summed E-state index contributed by atoms with van der Waals surface area (Å²) < 4.78 is 0.966. The Morgan fingerprint density at radius 1 is 1.12 bits per heavy atom. The number of carbonyl (C=O) groups is 1. The number of carbonyl (C=O) groups excluding carboxylic acids is 1. The minimum Gasteiger partial charge on any atom is -0.298 e. The number of pyridine rings is 1. The topological polar surface area (TPSA) is 30.0 Å². The summed E-state index contributed by atoms with van der Waals surface area (Å²) in [4.78, 5) is 15.8. The van der Waals surface area contributed by atoms with Gasteiger partial charge in [0, 0.05) is 21.1 Å². The molecule has 2 nitrogen and oxygen atoms in total. The molecule has 0 aliphatic carbocycles. The van der Waals surface area contributed by atoms with Gasteiger partial charge in [0.05, 0.1) is 0 Å². The molecular formula is C12H8BrNOS. The van der Waals surface area contributed by atoms with Gasteiger partial charge in [0.1, 0.15) is 11.3 Å². The SMILES string of the molecule is O=Cc1ccc(Sc2ccc(Br)cn2)cc1. The second-order valence-corrected chi connectivity index (χ2v) is 5.11. The van der Waals surface area contributed by atoms with Crippen LogP contribution in [-0.2, 0) is 0 Å².